The minimum absolute atomic E-state index is 0.121. The smallest absolute Gasteiger partial charge is 0.211 e. The Balaban J connectivity index is 3.73. The van der Waals surface area contributed by atoms with Gasteiger partial charge >= 0.3 is 0 Å². The predicted molar refractivity (Wildman–Crippen MR) is 61.1 cm³/mol. The highest BCUT2D eigenvalue weighted by Crippen LogP contribution is 1.99. The Morgan fingerprint density at radius 2 is 2.13 bits per heavy atom. The number of rotatable bonds is 9. The van der Waals surface area contributed by atoms with Crippen molar-refractivity contribution in [1.29, 1.82) is 0 Å². The molecule has 0 amide bonds. The summed E-state index contributed by atoms with van der Waals surface area (Å²) in [5.41, 5.74) is 5.37. The van der Waals surface area contributed by atoms with E-state index in [1.54, 1.807) is 7.11 Å². The fourth-order valence-corrected chi connectivity index (χ4v) is 2.30. The molecule has 0 saturated heterocycles. The van der Waals surface area contributed by atoms with E-state index >= 15 is 0 Å². The number of nitrogens with two attached hydrogens (primary N) is 1. The lowest BCUT2D eigenvalue weighted by atomic mass is 10.1. The third kappa shape index (κ3) is 8.80. The average Bonchev–Trinajstić information content (AvgIpc) is 2.16. The number of ether oxygens (including phenoxy) is 1. The van der Waals surface area contributed by atoms with E-state index in [0.717, 1.165) is 6.42 Å². The summed E-state index contributed by atoms with van der Waals surface area (Å²) in [4.78, 5) is 0. The molecule has 92 valence electrons. The van der Waals surface area contributed by atoms with E-state index in [9.17, 15) is 8.42 Å². The third-order valence-electron chi connectivity index (χ3n) is 2.07. The van der Waals surface area contributed by atoms with Gasteiger partial charge in [0.2, 0.25) is 10.0 Å². The Morgan fingerprint density at radius 3 is 2.67 bits per heavy atom. The van der Waals surface area contributed by atoms with E-state index < -0.39 is 10.0 Å². The second kappa shape index (κ2) is 8.04. The molecule has 0 aliphatic rings. The summed E-state index contributed by atoms with van der Waals surface area (Å²) < 4.78 is 30.2. The van der Waals surface area contributed by atoms with Gasteiger partial charge in [-0.25, -0.2) is 13.1 Å². The SMILES string of the molecule is COCCCS(=O)(=O)NCC(C)CCN. The number of sulfonamides is 1. The summed E-state index contributed by atoms with van der Waals surface area (Å²) in [5.74, 6) is 0.406. The normalized spacial score (nSPS) is 14.1. The molecule has 0 bridgehead atoms. The first-order chi connectivity index (χ1) is 7.02. The second-order valence-electron chi connectivity index (χ2n) is 3.70. The lowest BCUT2D eigenvalue weighted by molar-refractivity contribution is 0.199. The standard InChI is InChI=1S/C9H22N2O3S/c1-9(4-5-10)8-11-15(12,13)7-3-6-14-2/h9,11H,3-8,10H2,1-2H3. The molecule has 0 aromatic heterocycles. The average molecular weight is 238 g/mol. The van der Waals surface area contributed by atoms with Crippen molar-refractivity contribution in [3.63, 3.8) is 0 Å². The molecule has 3 N–H and O–H groups in total. The number of nitrogens with one attached hydrogen (secondary N) is 1. The molecule has 0 heterocycles. The van der Waals surface area contributed by atoms with Gasteiger partial charge in [-0.15, -0.1) is 0 Å². The van der Waals surface area contributed by atoms with Gasteiger partial charge in [0.25, 0.3) is 0 Å². The summed E-state index contributed by atoms with van der Waals surface area (Å²) in [7, 11) is -1.58. The highest BCUT2D eigenvalue weighted by molar-refractivity contribution is 7.89. The van der Waals surface area contributed by atoms with Crippen LogP contribution in [0.2, 0.25) is 0 Å². The summed E-state index contributed by atoms with van der Waals surface area (Å²) >= 11 is 0. The van der Waals surface area contributed by atoms with Gasteiger partial charge in [0.15, 0.2) is 0 Å². The van der Waals surface area contributed by atoms with Crippen LogP contribution in [0.1, 0.15) is 19.8 Å². The van der Waals surface area contributed by atoms with Gasteiger partial charge in [-0.2, -0.15) is 0 Å². The maximum atomic E-state index is 11.4. The zero-order chi connectivity index (χ0) is 11.7. The van der Waals surface area contributed by atoms with Gasteiger partial charge in [0.05, 0.1) is 5.75 Å². The van der Waals surface area contributed by atoms with Crippen LogP contribution < -0.4 is 10.5 Å². The van der Waals surface area contributed by atoms with E-state index in [1.807, 2.05) is 6.92 Å². The minimum Gasteiger partial charge on any atom is -0.385 e. The van der Waals surface area contributed by atoms with E-state index in [1.165, 1.54) is 0 Å². The highest BCUT2D eigenvalue weighted by atomic mass is 32.2. The molecule has 15 heavy (non-hydrogen) atoms. The monoisotopic (exact) mass is 238 g/mol. The van der Waals surface area contributed by atoms with Gasteiger partial charge in [-0.3, -0.25) is 0 Å². The van der Waals surface area contributed by atoms with Crippen LogP contribution in [0.15, 0.2) is 0 Å². The fraction of sp³-hybridized carbons (Fsp3) is 1.00. The molecule has 0 aromatic carbocycles. The van der Waals surface area contributed by atoms with Crippen LogP contribution in [-0.4, -0.2) is 41.0 Å². The number of hydrogen-bond acceptors (Lipinski definition) is 4. The van der Waals surface area contributed by atoms with Gasteiger partial charge < -0.3 is 10.5 Å². The lowest BCUT2D eigenvalue weighted by Gasteiger charge is -2.11. The topological polar surface area (TPSA) is 81.4 Å². The van der Waals surface area contributed by atoms with Crippen LogP contribution in [0.5, 0.6) is 0 Å². The summed E-state index contributed by atoms with van der Waals surface area (Å²) in [6.07, 6.45) is 1.36. The van der Waals surface area contributed by atoms with E-state index in [4.69, 9.17) is 10.5 Å². The van der Waals surface area contributed by atoms with Gasteiger partial charge in [-0.05, 0) is 25.3 Å². The van der Waals surface area contributed by atoms with Crippen molar-refractivity contribution >= 4 is 10.0 Å². The van der Waals surface area contributed by atoms with Crippen molar-refractivity contribution in [3.05, 3.63) is 0 Å². The molecular weight excluding hydrogens is 216 g/mol. The molecule has 5 nitrogen and oxygen atoms in total. The summed E-state index contributed by atoms with van der Waals surface area (Å²) in [6, 6.07) is 0. The molecular formula is C9H22N2O3S. The number of hydrogen-bond donors (Lipinski definition) is 2. The molecule has 1 atom stereocenters. The zero-order valence-corrected chi connectivity index (χ0v) is 10.3. The van der Waals surface area contributed by atoms with Crippen molar-refractivity contribution in [2.45, 2.75) is 19.8 Å². The quantitative estimate of drug-likeness (QED) is 0.551. The molecule has 0 rings (SSSR count). The molecule has 0 aliphatic carbocycles. The molecule has 0 saturated carbocycles. The van der Waals surface area contributed by atoms with Crippen molar-refractivity contribution in [2.75, 3.05) is 32.6 Å². The Kier molecular flexibility index (Phi) is 7.95. The summed E-state index contributed by atoms with van der Waals surface area (Å²) in [6.45, 7) is 3.50. The molecule has 6 heteroatoms. The highest BCUT2D eigenvalue weighted by Gasteiger charge is 2.11. The first-order valence-electron chi connectivity index (χ1n) is 5.18. The Labute approximate surface area is 92.4 Å². The molecule has 1 unspecified atom stereocenters. The molecule has 0 spiro atoms. The van der Waals surface area contributed by atoms with Crippen LogP contribution >= 0.6 is 0 Å². The summed E-state index contributed by atoms with van der Waals surface area (Å²) in [5, 5.41) is 0. The lowest BCUT2D eigenvalue weighted by Crippen LogP contribution is -2.31. The Bertz CT molecular complexity index is 242. The Morgan fingerprint density at radius 1 is 1.47 bits per heavy atom. The van der Waals surface area contributed by atoms with Gasteiger partial charge in [0.1, 0.15) is 0 Å². The van der Waals surface area contributed by atoms with Crippen LogP contribution in [0.4, 0.5) is 0 Å². The second-order valence-corrected chi connectivity index (χ2v) is 5.62. The molecule has 0 aliphatic heterocycles. The van der Waals surface area contributed by atoms with Crippen LogP contribution in [-0.2, 0) is 14.8 Å². The van der Waals surface area contributed by atoms with E-state index in [2.05, 4.69) is 4.72 Å². The first kappa shape index (κ1) is 14.8. The van der Waals surface area contributed by atoms with Gasteiger partial charge in [-0.1, -0.05) is 6.92 Å². The van der Waals surface area contributed by atoms with E-state index in [0.29, 0.717) is 26.1 Å². The fourth-order valence-electron chi connectivity index (χ4n) is 1.12. The predicted octanol–water partition coefficient (Wildman–Crippen LogP) is -0.0728. The van der Waals surface area contributed by atoms with Crippen LogP contribution in [0.3, 0.4) is 0 Å². The van der Waals surface area contributed by atoms with Crippen LogP contribution in [0.25, 0.3) is 0 Å². The molecule has 0 aromatic rings. The molecule has 0 radical (unpaired) electrons. The largest absolute Gasteiger partial charge is 0.385 e. The van der Waals surface area contributed by atoms with Crippen molar-refractivity contribution in [3.8, 4) is 0 Å². The third-order valence-corrected chi connectivity index (χ3v) is 3.51. The van der Waals surface area contributed by atoms with Crippen molar-refractivity contribution in [2.24, 2.45) is 11.7 Å². The Hall–Kier alpha value is -0.170. The number of methoxy groups -OCH3 is 1. The minimum atomic E-state index is -3.14. The van der Waals surface area contributed by atoms with Crippen LogP contribution in [0, 0.1) is 5.92 Å². The van der Waals surface area contributed by atoms with Gasteiger partial charge in [0, 0.05) is 20.3 Å². The van der Waals surface area contributed by atoms with Crippen molar-refractivity contribution in [1.82, 2.24) is 4.72 Å². The van der Waals surface area contributed by atoms with Crippen molar-refractivity contribution < 1.29 is 13.2 Å². The van der Waals surface area contributed by atoms with E-state index in [-0.39, 0.29) is 11.7 Å². The maximum Gasteiger partial charge on any atom is 0.211 e. The zero-order valence-electron chi connectivity index (χ0n) is 9.53. The molecule has 0 fully saturated rings. The maximum absolute atomic E-state index is 11.4. The first-order valence-corrected chi connectivity index (χ1v) is 6.83.